The van der Waals surface area contributed by atoms with E-state index in [0.717, 1.165) is 7.11 Å². The van der Waals surface area contributed by atoms with Crippen LogP contribution in [-0.2, 0) is 20.7 Å². The highest BCUT2D eigenvalue weighted by Gasteiger charge is 2.31. The Morgan fingerprint density at radius 1 is 1.27 bits per heavy atom. The number of hydrogen-bond acceptors (Lipinski definition) is 4. The summed E-state index contributed by atoms with van der Waals surface area (Å²) in [4.78, 5) is 11.5. The molecule has 0 saturated heterocycles. The molecule has 0 aliphatic rings. The van der Waals surface area contributed by atoms with E-state index < -0.39 is 24.9 Å². The Morgan fingerprint density at radius 2 is 1.91 bits per heavy atom. The number of rotatable bonds is 8. The van der Waals surface area contributed by atoms with E-state index in [9.17, 15) is 18.0 Å². The molecule has 0 saturated carbocycles. The first kappa shape index (κ1) is 18.8. The molecule has 22 heavy (non-hydrogen) atoms. The average Bonchev–Trinajstić information content (AvgIpc) is 2.48. The molecule has 4 nitrogen and oxygen atoms in total. The smallest absolute Gasteiger partial charge is 0.411 e. The Kier molecular flexibility index (Phi) is 7.67. The van der Waals surface area contributed by atoms with Gasteiger partial charge in [-0.15, -0.1) is 0 Å². The van der Waals surface area contributed by atoms with Gasteiger partial charge >= 0.3 is 12.1 Å². The van der Waals surface area contributed by atoms with Crippen molar-refractivity contribution in [3.05, 3.63) is 29.8 Å². The molecule has 124 valence electrons. The summed E-state index contributed by atoms with van der Waals surface area (Å²) in [5.74, 6) is -0.210. The molecule has 8 heteroatoms. The fourth-order valence-corrected chi connectivity index (χ4v) is 1.79. The van der Waals surface area contributed by atoms with E-state index in [1.165, 1.54) is 0 Å². The number of halogens is 4. The minimum atomic E-state index is -4.50. The van der Waals surface area contributed by atoms with E-state index in [-0.39, 0.29) is 6.42 Å². The van der Waals surface area contributed by atoms with Gasteiger partial charge in [-0.25, -0.2) is 4.79 Å². The molecular weight excluding hydrogens is 369 g/mol. The first-order chi connectivity index (χ1) is 10.4. The van der Waals surface area contributed by atoms with Crippen molar-refractivity contribution in [2.75, 3.05) is 25.7 Å². The number of alkyl halides is 4. The first-order valence-electron chi connectivity index (χ1n) is 6.39. The van der Waals surface area contributed by atoms with Gasteiger partial charge < -0.3 is 14.2 Å². The van der Waals surface area contributed by atoms with E-state index in [1.54, 1.807) is 24.3 Å². The predicted octanol–water partition coefficient (Wildman–Crippen LogP) is 3.12. The standard InChI is InChI=1S/C14H16BrF3O4/c1-20-13(19)12(22-9-14(16,17)18)8-10-2-4-11(5-3-10)21-7-6-15/h2-5,12H,6-9H2,1H3. The van der Waals surface area contributed by atoms with Crippen molar-refractivity contribution in [2.24, 2.45) is 0 Å². The van der Waals surface area contributed by atoms with Crippen LogP contribution in [0.25, 0.3) is 0 Å². The Morgan fingerprint density at radius 3 is 2.41 bits per heavy atom. The molecule has 0 fully saturated rings. The molecule has 1 unspecified atom stereocenters. The van der Waals surface area contributed by atoms with E-state index >= 15 is 0 Å². The molecule has 1 rings (SSSR count). The van der Waals surface area contributed by atoms with Crippen LogP contribution in [0.2, 0.25) is 0 Å². The zero-order chi connectivity index (χ0) is 16.6. The summed E-state index contributed by atoms with van der Waals surface area (Å²) in [6.07, 6.45) is -5.82. The van der Waals surface area contributed by atoms with Crippen LogP contribution in [0.4, 0.5) is 13.2 Å². The Hall–Kier alpha value is -1.28. The molecule has 0 amide bonds. The fraction of sp³-hybridized carbons (Fsp3) is 0.500. The summed E-state index contributed by atoms with van der Waals surface area (Å²) in [5, 5.41) is 0.685. The van der Waals surface area contributed by atoms with Crippen LogP contribution in [0.15, 0.2) is 24.3 Å². The van der Waals surface area contributed by atoms with Crippen LogP contribution >= 0.6 is 15.9 Å². The molecule has 0 aliphatic carbocycles. The van der Waals surface area contributed by atoms with Gasteiger partial charge in [0.25, 0.3) is 0 Å². The summed E-state index contributed by atoms with van der Waals surface area (Å²) in [6.45, 7) is -1.00. The van der Waals surface area contributed by atoms with Crippen molar-refractivity contribution in [3.8, 4) is 5.75 Å². The quantitative estimate of drug-likeness (QED) is 0.510. The highest BCUT2D eigenvalue weighted by Crippen LogP contribution is 2.19. The average molecular weight is 385 g/mol. The second-order valence-corrected chi connectivity index (χ2v) is 5.12. The summed E-state index contributed by atoms with van der Waals surface area (Å²) in [5.41, 5.74) is 0.642. The van der Waals surface area contributed by atoms with Crippen molar-refractivity contribution < 1.29 is 32.2 Å². The largest absolute Gasteiger partial charge is 0.493 e. The van der Waals surface area contributed by atoms with Crippen LogP contribution in [0.1, 0.15) is 5.56 Å². The van der Waals surface area contributed by atoms with Gasteiger partial charge in [0.1, 0.15) is 12.4 Å². The summed E-state index contributed by atoms with van der Waals surface area (Å²) >= 11 is 3.23. The summed E-state index contributed by atoms with van der Waals surface area (Å²) in [7, 11) is 1.10. The highest BCUT2D eigenvalue weighted by molar-refractivity contribution is 9.09. The molecule has 1 atom stereocenters. The van der Waals surface area contributed by atoms with Crippen LogP contribution < -0.4 is 4.74 Å². The lowest BCUT2D eigenvalue weighted by atomic mass is 10.1. The Balaban J connectivity index is 2.66. The molecular formula is C14H16BrF3O4. The lowest BCUT2D eigenvalue weighted by Gasteiger charge is -2.17. The number of esters is 1. The zero-order valence-electron chi connectivity index (χ0n) is 11.9. The molecule has 0 aliphatic heterocycles. The van der Waals surface area contributed by atoms with Crippen molar-refractivity contribution in [2.45, 2.75) is 18.7 Å². The van der Waals surface area contributed by atoms with Crippen LogP contribution in [0.3, 0.4) is 0 Å². The minimum absolute atomic E-state index is 0.0124. The normalized spacial score (nSPS) is 12.8. The topological polar surface area (TPSA) is 44.8 Å². The van der Waals surface area contributed by atoms with Gasteiger partial charge in [0.05, 0.1) is 13.7 Å². The molecule has 0 radical (unpaired) electrons. The summed E-state index contributed by atoms with van der Waals surface area (Å²) < 4.78 is 51.0. The predicted molar refractivity (Wildman–Crippen MR) is 77.2 cm³/mol. The molecule has 1 aromatic carbocycles. The number of benzene rings is 1. The number of carbonyl (C=O) groups excluding carboxylic acids is 1. The fourth-order valence-electron chi connectivity index (χ4n) is 1.63. The van der Waals surface area contributed by atoms with Crippen molar-refractivity contribution in [3.63, 3.8) is 0 Å². The van der Waals surface area contributed by atoms with Gasteiger partial charge in [-0.05, 0) is 17.7 Å². The number of ether oxygens (including phenoxy) is 3. The first-order valence-corrected chi connectivity index (χ1v) is 7.51. The van der Waals surface area contributed by atoms with E-state index in [2.05, 4.69) is 25.4 Å². The SMILES string of the molecule is COC(=O)C(Cc1ccc(OCCBr)cc1)OCC(F)(F)F. The number of carbonyl (C=O) groups is 1. The molecule has 1 aromatic rings. The maximum absolute atomic E-state index is 12.2. The van der Waals surface area contributed by atoms with Gasteiger partial charge in [-0.3, -0.25) is 0 Å². The number of methoxy groups -OCH3 is 1. The van der Waals surface area contributed by atoms with Gasteiger partial charge in [-0.2, -0.15) is 13.2 Å². The zero-order valence-corrected chi connectivity index (χ0v) is 13.4. The van der Waals surface area contributed by atoms with E-state index in [1.807, 2.05) is 0 Å². The van der Waals surface area contributed by atoms with E-state index in [0.29, 0.717) is 23.2 Å². The maximum Gasteiger partial charge on any atom is 0.411 e. The molecule has 0 N–H and O–H groups in total. The Labute approximate surface area is 134 Å². The maximum atomic E-state index is 12.2. The lowest BCUT2D eigenvalue weighted by Crippen LogP contribution is -2.32. The molecule has 0 aromatic heterocycles. The lowest BCUT2D eigenvalue weighted by molar-refractivity contribution is -0.193. The molecule has 0 spiro atoms. The van der Waals surface area contributed by atoms with Gasteiger partial charge in [0.15, 0.2) is 6.10 Å². The second-order valence-electron chi connectivity index (χ2n) is 4.32. The minimum Gasteiger partial charge on any atom is -0.493 e. The third-order valence-electron chi connectivity index (χ3n) is 2.60. The van der Waals surface area contributed by atoms with Gasteiger partial charge in [0.2, 0.25) is 0 Å². The highest BCUT2D eigenvalue weighted by atomic mass is 79.9. The monoisotopic (exact) mass is 384 g/mol. The van der Waals surface area contributed by atoms with Gasteiger partial charge in [0, 0.05) is 11.8 Å². The second kappa shape index (κ2) is 8.99. The van der Waals surface area contributed by atoms with E-state index in [4.69, 9.17) is 4.74 Å². The summed E-state index contributed by atoms with van der Waals surface area (Å²) in [6, 6.07) is 6.68. The van der Waals surface area contributed by atoms with Gasteiger partial charge in [-0.1, -0.05) is 28.1 Å². The molecule has 0 bridgehead atoms. The van der Waals surface area contributed by atoms with Crippen molar-refractivity contribution in [1.29, 1.82) is 0 Å². The Bertz CT molecular complexity index is 462. The van der Waals surface area contributed by atoms with Crippen LogP contribution in [0, 0.1) is 0 Å². The molecule has 0 heterocycles. The van der Waals surface area contributed by atoms with Crippen molar-refractivity contribution >= 4 is 21.9 Å². The number of hydrogen-bond donors (Lipinski definition) is 0. The van der Waals surface area contributed by atoms with Crippen LogP contribution in [0.5, 0.6) is 5.75 Å². The van der Waals surface area contributed by atoms with Crippen molar-refractivity contribution in [1.82, 2.24) is 0 Å². The third-order valence-corrected chi connectivity index (χ3v) is 2.93. The van der Waals surface area contributed by atoms with Crippen LogP contribution in [-0.4, -0.2) is 43.9 Å². The third kappa shape index (κ3) is 7.13.